The van der Waals surface area contributed by atoms with E-state index in [9.17, 15) is 0 Å². The first kappa shape index (κ1) is 18.8. The number of hydrogen-bond acceptors (Lipinski definition) is 3. The molecule has 3 heteroatoms. The van der Waals surface area contributed by atoms with Crippen molar-refractivity contribution in [3.63, 3.8) is 0 Å². The normalized spacial score (nSPS) is 27.2. The van der Waals surface area contributed by atoms with Crippen LogP contribution in [0.15, 0.2) is 66.9 Å². The van der Waals surface area contributed by atoms with E-state index >= 15 is 0 Å². The molecule has 0 spiro atoms. The molecule has 2 aromatic carbocycles. The molecule has 3 aliphatic rings. The zero-order valence-electron chi connectivity index (χ0n) is 17.2. The molecule has 29 heavy (non-hydrogen) atoms. The van der Waals surface area contributed by atoms with Crippen molar-refractivity contribution in [1.29, 1.82) is 0 Å². The predicted molar refractivity (Wildman–Crippen MR) is 118 cm³/mol. The fourth-order valence-electron chi connectivity index (χ4n) is 5.49. The van der Waals surface area contributed by atoms with Gasteiger partial charge in [0.25, 0.3) is 0 Å². The summed E-state index contributed by atoms with van der Waals surface area (Å²) in [7, 11) is 0. The lowest BCUT2D eigenvalue weighted by atomic mass is 9.72. The summed E-state index contributed by atoms with van der Waals surface area (Å²) in [5.41, 5.74) is 3.58. The maximum Gasteiger partial charge on any atom is 0.0991 e. The summed E-state index contributed by atoms with van der Waals surface area (Å²) < 4.78 is 6.71. The Balaban J connectivity index is 1.49. The number of rotatable bonds is 6. The molecular weight excluding hydrogens is 356 g/mol. The minimum atomic E-state index is 0.0729. The monoisotopic (exact) mass is 386 g/mol. The molecule has 3 aliphatic heterocycles. The highest BCUT2D eigenvalue weighted by Gasteiger charge is 2.43. The molecule has 3 aromatic rings. The summed E-state index contributed by atoms with van der Waals surface area (Å²) >= 11 is 0. The van der Waals surface area contributed by atoms with Crippen molar-refractivity contribution >= 4 is 10.9 Å². The minimum absolute atomic E-state index is 0.0729. The average molecular weight is 387 g/mol. The van der Waals surface area contributed by atoms with Gasteiger partial charge in [-0.05, 0) is 54.5 Å². The third-order valence-electron chi connectivity index (χ3n) is 7.07. The van der Waals surface area contributed by atoms with Crippen LogP contribution in [0.4, 0.5) is 0 Å². The number of fused-ring (bicyclic) bond motifs is 4. The number of benzene rings is 2. The fourth-order valence-corrected chi connectivity index (χ4v) is 5.49. The van der Waals surface area contributed by atoms with Gasteiger partial charge in [-0.1, -0.05) is 61.9 Å². The van der Waals surface area contributed by atoms with E-state index in [1.54, 1.807) is 0 Å². The number of para-hydroxylation sites is 1. The Morgan fingerprint density at radius 3 is 2.69 bits per heavy atom. The molecule has 2 bridgehead atoms. The molecule has 0 aliphatic carbocycles. The molecule has 0 amide bonds. The number of aromatic nitrogens is 1. The van der Waals surface area contributed by atoms with Gasteiger partial charge in [0.15, 0.2) is 0 Å². The second kappa shape index (κ2) is 8.25. The van der Waals surface area contributed by atoms with Gasteiger partial charge < -0.3 is 4.74 Å². The third-order valence-corrected chi connectivity index (χ3v) is 7.07. The lowest BCUT2D eigenvalue weighted by Crippen LogP contribution is -2.55. The SMILES string of the molecule is CCC1CN2CCC1CC2[C@@H](OCc1ccccc1)c1ccnc2ccccc12. The fraction of sp³-hybridized carbons (Fsp3) is 0.423. The van der Waals surface area contributed by atoms with E-state index in [2.05, 4.69) is 77.5 Å². The van der Waals surface area contributed by atoms with Crippen LogP contribution in [0.25, 0.3) is 10.9 Å². The summed E-state index contributed by atoms with van der Waals surface area (Å²) in [6.07, 6.45) is 5.90. The van der Waals surface area contributed by atoms with Crippen molar-refractivity contribution in [2.24, 2.45) is 11.8 Å². The highest BCUT2D eigenvalue weighted by Crippen LogP contribution is 2.44. The first-order valence-electron chi connectivity index (χ1n) is 11.1. The van der Waals surface area contributed by atoms with Gasteiger partial charge in [0, 0.05) is 24.2 Å². The van der Waals surface area contributed by atoms with Crippen LogP contribution >= 0.6 is 0 Å². The van der Waals surface area contributed by atoms with Crippen LogP contribution in [0.3, 0.4) is 0 Å². The second-order valence-electron chi connectivity index (χ2n) is 8.65. The molecule has 3 nitrogen and oxygen atoms in total. The minimum Gasteiger partial charge on any atom is -0.367 e. The Morgan fingerprint density at radius 1 is 1.07 bits per heavy atom. The Labute approximate surface area is 173 Å². The van der Waals surface area contributed by atoms with Gasteiger partial charge in [-0.25, -0.2) is 0 Å². The van der Waals surface area contributed by atoms with Crippen molar-refractivity contribution in [2.45, 2.75) is 44.9 Å². The van der Waals surface area contributed by atoms with E-state index in [-0.39, 0.29) is 6.10 Å². The standard InChI is InChI=1S/C26H30N2O/c1-2-20-17-28-15-13-21(20)16-25(28)26(29-18-19-8-4-3-5-9-19)23-12-14-27-24-11-7-6-10-22(23)24/h3-12,14,20-21,25-26H,2,13,15-18H2,1H3/t20?,21?,25?,26-/m0/s1. The van der Waals surface area contributed by atoms with Gasteiger partial charge in [-0.15, -0.1) is 0 Å². The Bertz CT molecular complexity index is 952. The highest BCUT2D eigenvalue weighted by atomic mass is 16.5. The van der Waals surface area contributed by atoms with Crippen LogP contribution in [-0.4, -0.2) is 29.0 Å². The molecule has 0 saturated carbocycles. The molecule has 6 rings (SSSR count). The van der Waals surface area contributed by atoms with Gasteiger partial charge in [0.2, 0.25) is 0 Å². The van der Waals surface area contributed by atoms with E-state index in [0.717, 1.165) is 17.4 Å². The summed E-state index contributed by atoms with van der Waals surface area (Å²) in [4.78, 5) is 7.30. The maximum atomic E-state index is 6.71. The molecule has 0 N–H and O–H groups in total. The summed E-state index contributed by atoms with van der Waals surface area (Å²) in [6, 6.07) is 21.7. The zero-order chi connectivity index (χ0) is 19.6. The first-order chi connectivity index (χ1) is 14.3. The Hall–Kier alpha value is -2.23. The molecule has 5 atom stereocenters. The van der Waals surface area contributed by atoms with Crippen molar-refractivity contribution in [3.05, 3.63) is 78.0 Å². The first-order valence-corrected chi connectivity index (χ1v) is 11.1. The van der Waals surface area contributed by atoms with Crippen LogP contribution in [0, 0.1) is 11.8 Å². The summed E-state index contributed by atoms with van der Waals surface area (Å²) in [5.74, 6) is 1.69. The lowest BCUT2D eigenvalue weighted by molar-refractivity contribution is -0.0879. The van der Waals surface area contributed by atoms with Gasteiger partial charge in [0.1, 0.15) is 0 Å². The van der Waals surface area contributed by atoms with Gasteiger partial charge in [-0.2, -0.15) is 0 Å². The lowest BCUT2D eigenvalue weighted by Gasteiger charge is -2.52. The van der Waals surface area contributed by atoms with Crippen LogP contribution in [0.1, 0.15) is 43.4 Å². The second-order valence-corrected chi connectivity index (χ2v) is 8.65. The van der Waals surface area contributed by atoms with E-state index in [0.29, 0.717) is 12.6 Å². The average Bonchev–Trinajstić information content (AvgIpc) is 2.80. The smallest absolute Gasteiger partial charge is 0.0991 e. The van der Waals surface area contributed by atoms with Crippen molar-refractivity contribution in [3.8, 4) is 0 Å². The van der Waals surface area contributed by atoms with Crippen LogP contribution in [0.5, 0.6) is 0 Å². The van der Waals surface area contributed by atoms with Crippen molar-refractivity contribution < 1.29 is 4.74 Å². The summed E-state index contributed by atoms with van der Waals surface area (Å²) in [5, 5.41) is 1.22. The zero-order valence-corrected chi connectivity index (χ0v) is 17.2. The van der Waals surface area contributed by atoms with Gasteiger partial charge >= 0.3 is 0 Å². The molecule has 3 saturated heterocycles. The summed E-state index contributed by atoms with van der Waals surface area (Å²) in [6.45, 7) is 5.43. The Kier molecular flexibility index (Phi) is 5.34. The van der Waals surface area contributed by atoms with E-state index in [1.165, 1.54) is 48.9 Å². The van der Waals surface area contributed by atoms with Crippen molar-refractivity contribution in [1.82, 2.24) is 9.88 Å². The van der Waals surface area contributed by atoms with Crippen LogP contribution < -0.4 is 0 Å². The number of pyridine rings is 1. The van der Waals surface area contributed by atoms with Crippen LogP contribution in [-0.2, 0) is 11.3 Å². The molecule has 4 unspecified atom stereocenters. The predicted octanol–water partition coefficient (Wildman–Crippen LogP) is 5.61. The number of hydrogen-bond donors (Lipinski definition) is 0. The molecule has 0 radical (unpaired) electrons. The van der Waals surface area contributed by atoms with E-state index in [1.807, 2.05) is 6.20 Å². The molecule has 1 aromatic heterocycles. The molecular formula is C26H30N2O. The quantitative estimate of drug-likeness (QED) is 0.550. The number of nitrogens with zero attached hydrogens (tertiary/aromatic N) is 2. The van der Waals surface area contributed by atoms with Crippen molar-refractivity contribution in [2.75, 3.05) is 13.1 Å². The number of ether oxygens (including phenoxy) is 1. The van der Waals surface area contributed by atoms with Gasteiger partial charge in [0.05, 0.1) is 18.2 Å². The molecule has 150 valence electrons. The topological polar surface area (TPSA) is 25.4 Å². The highest BCUT2D eigenvalue weighted by molar-refractivity contribution is 5.82. The Morgan fingerprint density at radius 2 is 1.90 bits per heavy atom. The molecule has 4 heterocycles. The maximum absolute atomic E-state index is 6.71. The van der Waals surface area contributed by atoms with E-state index < -0.39 is 0 Å². The van der Waals surface area contributed by atoms with Gasteiger partial charge in [-0.3, -0.25) is 9.88 Å². The number of piperidine rings is 3. The third kappa shape index (κ3) is 3.70. The largest absolute Gasteiger partial charge is 0.367 e. The molecule has 3 fully saturated rings. The van der Waals surface area contributed by atoms with E-state index in [4.69, 9.17) is 4.74 Å². The van der Waals surface area contributed by atoms with Crippen LogP contribution in [0.2, 0.25) is 0 Å².